The molecule has 0 aliphatic carbocycles. The van der Waals surface area contributed by atoms with Crippen molar-refractivity contribution in [1.82, 2.24) is 0 Å². The molecule has 7 heteroatoms. The summed E-state index contributed by atoms with van der Waals surface area (Å²) in [5.41, 5.74) is 1.90. The maximum absolute atomic E-state index is 12.6. The van der Waals surface area contributed by atoms with Crippen LogP contribution in [0, 0.1) is 13.8 Å². The number of sulfone groups is 1. The molecule has 0 atom stereocenters. The number of hydrogen-bond acceptors (Lipinski definition) is 5. The standard InChI is InChI=1S/C19H15BrO5S/c1-12-9-13(2)11-15(10-12)24-19(21)17-7-8-18(25-17)26(22,23)16-5-3-14(20)4-6-16/h3-11H,1-2H3. The summed E-state index contributed by atoms with van der Waals surface area (Å²) in [5.74, 6) is -0.562. The lowest BCUT2D eigenvalue weighted by Gasteiger charge is -2.05. The molecule has 26 heavy (non-hydrogen) atoms. The van der Waals surface area contributed by atoms with E-state index in [0.717, 1.165) is 15.6 Å². The van der Waals surface area contributed by atoms with Crippen molar-refractivity contribution in [1.29, 1.82) is 0 Å². The van der Waals surface area contributed by atoms with Gasteiger partial charge in [0.1, 0.15) is 5.75 Å². The molecular weight excluding hydrogens is 420 g/mol. The molecule has 0 radical (unpaired) electrons. The maximum atomic E-state index is 12.6. The molecule has 0 spiro atoms. The molecular formula is C19H15BrO5S. The predicted molar refractivity (Wildman–Crippen MR) is 99.2 cm³/mol. The second-order valence-corrected chi connectivity index (χ2v) is 8.59. The van der Waals surface area contributed by atoms with Gasteiger partial charge in [0.05, 0.1) is 4.90 Å². The number of carbonyl (C=O) groups is 1. The van der Waals surface area contributed by atoms with Crippen molar-refractivity contribution < 1.29 is 22.4 Å². The molecule has 2 aromatic carbocycles. The summed E-state index contributed by atoms with van der Waals surface area (Å²) >= 11 is 3.25. The highest BCUT2D eigenvalue weighted by Crippen LogP contribution is 2.25. The first kappa shape index (κ1) is 18.4. The first-order valence-corrected chi connectivity index (χ1v) is 9.94. The predicted octanol–water partition coefficient (Wildman–Crippen LogP) is 4.71. The van der Waals surface area contributed by atoms with Crippen LogP contribution in [0.1, 0.15) is 21.7 Å². The van der Waals surface area contributed by atoms with Crippen LogP contribution in [0.3, 0.4) is 0 Å². The van der Waals surface area contributed by atoms with Gasteiger partial charge in [0, 0.05) is 4.47 Å². The molecule has 5 nitrogen and oxygen atoms in total. The van der Waals surface area contributed by atoms with Gasteiger partial charge in [-0.25, -0.2) is 13.2 Å². The van der Waals surface area contributed by atoms with Crippen LogP contribution in [0.2, 0.25) is 0 Å². The van der Waals surface area contributed by atoms with E-state index < -0.39 is 15.8 Å². The molecule has 0 N–H and O–H groups in total. The zero-order chi connectivity index (χ0) is 18.9. The number of benzene rings is 2. The minimum Gasteiger partial charge on any atom is -0.437 e. The second-order valence-electron chi connectivity index (χ2n) is 5.79. The summed E-state index contributed by atoms with van der Waals surface area (Å²) in [7, 11) is -3.85. The lowest BCUT2D eigenvalue weighted by atomic mass is 10.1. The Morgan fingerprint density at radius 2 is 1.58 bits per heavy atom. The van der Waals surface area contributed by atoms with Gasteiger partial charge in [-0.1, -0.05) is 22.0 Å². The number of halogens is 1. The minimum atomic E-state index is -3.85. The molecule has 0 fully saturated rings. The van der Waals surface area contributed by atoms with Crippen molar-refractivity contribution in [2.75, 3.05) is 0 Å². The number of aryl methyl sites for hydroxylation is 2. The average Bonchev–Trinajstić information content (AvgIpc) is 3.05. The van der Waals surface area contributed by atoms with Gasteiger partial charge in [0.2, 0.25) is 20.7 Å². The fourth-order valence-electron chi connectivity index (χ4n) is 2.45. The van der Waals surface area contributed by atoms with Crippen LogP contribution in [-0.2, 0) is 9.84 Å². The Morgan fingerprint density at radius 3 is 2.19 bits per heavy atom. The van der Waals surface area contributed by atoms with E-state index in [1.165, 1.54) is 24.3 Å². The Balaban J connectivity index is 1.84. The summed E-state index contributed by atoms with van der Waals surface area (Å²) < 4.78 is 36.4. The molecule has 0 aliphatic heterocycles. The topological polar surface area (TPSA) is 73.6 Å². The highest BCUT2D eigenvalue weighted by Gasteiger charge is 2.24. The summed E-state index contributed by atoms with van der Waals surface area (Å²) in [6, 6.07) is 14.1. The normalized spacial score (nSPS) is 11.3. The number of rotatable bonds is 4. The van der Waals surface area contributed by atoms with Crippen molar-refractivity contribution in [3.63, 3.8) is 0 Å². The van der Waals surface area contributed by atoms with Gasteiger partial charge in [-0.2, -0.15) is 0 Å². The fraction of sp³-hybridized carbons (Fsp3) is 0.105. The van der Waals surface area contributed by atoms with E-state index >= 15 is 0 Å². The van der Waals surface area contributed by atoms with Gasteiger partial charge in [0.25, 0.3) is 0 Å². The van der Waals surface area contributed by atoms with Crippen molar-refractivity contribution in [2.24, 2.45) is 0 Å². The van der Waals surface area contributed by atoms with E-state index in [4.69, 9.17) is 9.15 Å². The Bertz CT molecular complexity index is 1050. The van der Waals surface area contributed by atoms with Gasteiger partial charge < -0.3 is 9.15 Å². The van der Waals surface area contributed by atoms with Crippen LogP contribution in [0.5, 0.6) is 5.75 Å². The van der Waals surface area contributed by atoms with Crippen LogP contribution in [0.25, 0.3) is 0 Å². The van der Waals surface area contributed by atoms with Crippen molar-refractivity contribution in [2.45, 2.75) is 23.8 Å². The number of furan rings is 1. The van der Waals surface area contributed by atoms with E-state index in [1.54, 1.807) is 24.3 Å². The molecule has 1 heterocycles. The van der Waals surface area contributed by atoms with E-state index in [-0.39, 0.29) is 15.7 Å². The molecule has 1 aromatic heterocycles. The third-order valence-electron chi connectivity index (χ3n) is 3.58. The lowest BCUT2D eigenvalue weighted by Crippen LogP contribution is -2.08. The van der Waals surface area contributed by atoms with Gasteiger partial charge >= 0.3 is 5.97 Å². The first-order valence-electron chi connectivity index (χ1n) is 7.67. The highest BCUT2D eigenvalue weighted by molar-refractivity contribution is 9.10. The molecule has 0 amide bonds. The van der Waals surface area contributed by atoms with Crippen LogP contribution >= 0.6 is 15.9 Å². The Labute approximate surface area is 159 Å². The van der Waals surface area contributed by atoms with Crippen molar-refractivity contribution >= 4 is 31.7 Å². The van der Waals surface area contributed by atoms with E-state index in [1.807, 2.05) is 19.9 Å². The number of esters is 1. The monoisotopic (exact) mass is 434 g/mol. The summed E-state index contributed by atoms with van der Waals surface area (Å²) in [5, 5.41) is -0.313. The van der Waals surface area contributed by atoms with Crippen molar-refractivity contribution in [3.8, 4) is 5.75 Å². The molecule has 3 rings (SSSR count). The molecule has 0 saturated heterocycles. The van der Waals surface area contributed by atoms with Crippen LogP contribution in [-0.4, -0.2) is 14.4 Å². The van der Waals surface area contributed by atoms with Crippen LogP contribution in [0.15, 0.2) is 73.5 Å². The minimum absolute atomic E-state index is 0.0734. The lowest BCUT2D eigenvalue weighted by molar-refractivity contribution is 0.0695. The first-order chi connectivity index (χ1) is 12.3. The molecule has 0 aliphatic rings. The Morgan fingerprint density at radius 1 is 0.962 bits per heavy atom. The fourth-order valence-corrected chi connectivity index (χ4v) is 3.89. The molecule has 0 saturated carbocycles. The van der Waals surface area contributed by atoms with E-state index in [2.05, 4.69) is 15.9 Å². The zero-order valence-electron chi connectivity index (χ0n) is 14.0. The highest BCUT2D eigenvalue weighted by atomic mass is 79.9. The second kappa shape index (κ2) is 7.09. The summed E-state index contributed by atoms with van der Waals surface area (Å²) in [4.78, 5) is 12.3. The average molecular weight is 435 g/mol. The van der Waals surface area contributed by atoms with Gasteiger partial charge in [-0.3, -0.25) is 0 Å². The third-order valence-corrected chi connectivity index (χ3v) is 5.75. The molecule has 3 aromatic rings. The third kappa shape index (κ3) is 3.89. The molecule has 0 bridgehead atoms. The van der Waals surface area contributed by atoms with Gasteiger partial charge in [-0.05, 0) is 73.5 Å². The number of ether oxygens (including phenoxy) is 1. The Kier molecular flexibility index (Phi) is 5.02. The quantitative estimate of drug-likeness (QED) is 0.438. The Hall–Kier alpha value is -2.38. The summed E-state index contributed by atoms with van der Waals surface area (Å²) in [6.45, 7) is 3.78. The van der Waals surface area contributed by atoms with Crippen LogP contribution in [0.4, 0.5) is 0 Å². The molecule has 0 unspecified atom stereocenters. The van der Waals surface area contributed by atoms with Gasteiger partial charge in [0.15, 0.2) is 0 Å². The number of hydrogen-bond donors (Lipinski definition) is 0. The van der Waals surface area contributed by atoms with Crippen LogP contribution < -0.4 is 4.74 Å². The molecule has 134 valence electrons. The van der Waals surface area contributed by atoms with E-state index in [9.17, 15) is 13.2 Å². The number of carbonyl (C=O) groups excluding carboxylic acids is 1. The maximum Gasteiger partial charge on any atom is 0.379 e. The zero-order valence-corrected chi connectivity index (χ0v) is 16.4. The van der Waals surface area contributed by atoms with Crippen molar-refractivity contribution in [3.05, 3.63) is 76.0 Å². The summed E-state index contributed by atoms with van der Waals surface area (Å²) in [6.07, 6.45) is 0. The van der Waals surface area contributed by atoms with Gasteiger partial charge in [-0.15, -0.1) is 0 Å². The smallest absolute Gasteiger partial charge is 0.379 e. The SMILES string of the molecule is Cc1cc(C)cc(OC(=O)c2ccc(S(=O)(=O)c3ccc(Br)cc3)o2)c1. The van der Waals surface area contributed by atoms with E-state index in [0.29, 0.717) is 5.75 Å². The largest absolute Gasteiger partial charge is 0.437 e.